The Morgan fingerprint density at radius 3 is 2.62 bits per heavy atom. The van der Waals surface area contributed by atoms with Crippen LogP contribution in [0.25, 0.3) is 0 Å². The summed E-state index contributed by atoms with van der Waals surface area (Å²) in [6.45, 7) is 2.31. The minimum atomic E-state index is -0.641. The highest BCUT2D eigenvalue weighted by Crippen LogP contribution is 2.28. The molecule has 0 fully saturated rings. The van der Waals surface area contributed by atoms with Crippen molar-refractivity contribution in [2.45, 2.75) is 19.4 Å². The molecule has 0 bridgehead atoms. The van der Waals surface area contributed by atoms with Crippen molar-refractivity contribution in [3.63, 3.8) is 0 Å². The number of amides is 2. The van der Waals surface area contributed by atoms with Gasteiger partial charge in [-0.15, -0.1) is 0 Å². The van der Waals surface area contributed by atoms with Gasteiger partial charge in [0.1, 0.15) is 6.04 Å². The Hall–Kier alpha value is -2.04. The molecule has 0 radical (unpaired) electrons. The lowest BCUT2D eigenvalue weighted by atomic mass is 10.1. The number of fused-ring (bicyclic) bond motifs is 1. The summed E-state index contributed by atoms with van der Waals surface area (Å²) in [5.74, 6) is -0.491. The zero-order valence-corrected chi connectivity index (χ0v) is 14.6. The van der Waals surface area contributed by atoms with E-state index in [4.69, 9.17) is 23.2 Å². The second-order valence-electron chi connectivity index (χ2n) is 5.69. The number of anilines is 1. The first kappa shape index (κ1) is 16.8. The average Bonchev–Trinajstić information content (AvgIpc) is 3.00. The maximum absolute atomic E-state index is 12.7. The molecule has 1 aliphatic heterocycles. The van der Waals surface area contributed by atoms with Gasteiger partial charge in [-0.1, -0.05) is 41.4 Å². The third-order valence-corrected chi connectivity index (χ3v) is 4.79. The van der Waals surface area contributed by atoms with E-state index in [9.17, 15) is 9.59 Å². The van der Waals surface area contributed by atoms with Crippen LogP contribution in [0, 0.1) is 0 Å². The number of hydrogen-bond acceptors (Lipinski definition) is 2. The van der Waals surface area contributed by atoms with Crippen LogP contribution in [0.4, 0.5) is 5.69 Å². The van der Waals surface area contributed by atoms with Gasteiger partial charge in [-0.2, -0.15) is 0 Å². The second-order valence-corrected chi connectivity index (χ2v) is 6.51. The Morgan fingerprint density at radius 2 is 1.88 bits per heavy atom. The molecule has 1 atom stereocenters. The Bertz CT molecular complexity index is 807. The van der Waals surface area contributed by atoms with Crippen molar-refractivity contribution in [1.82, 2.24) is 5.32 Å². The molecule has 24 heavy (non-hydrogen) atoms. The van der Waals surface area contributed by atoms with Gasteiger partial charge in [-0.3, -0.25) is 9.59 Å². The number of para-hydroxylation sites is 1. The van der Waals surface area contributed by atoms with Crippen LogP contribution in [0.15, 0.2) is 42.5 Å². The maximum Gasteiger partial charge on any atom is 0.251 e. The molecule has 4 nitrogen and oxygen atoms in total. The van der Waals surface area contributed by atoms with Crippen LogP contribution < -0.4 is 10.2 Å². The van der Waals surface area contributed by atoms with Crippen molar-refractivity contribution in [2.75, 3.05) is 11.4 Å². The van der Waals surface area contributed by atoms with Gasteiger partial charge in [0, 0.05) is 17.8 Å². The van der Waals surface area contributed by atoms with Crippen LogP contribution in [0.3, 0.4) is 0 Å². The normalized spacial score (nSPS) is 14.2. The molecule has 1 aliphatic rings. The minimum absolute atomic E-state index is 0.131. The van der Waals surface area contributed by atoms with Crippen LogP contribution in [0.5, 0.6) is 0 Å². The minimum Gasteiger partial charge on any atom is -0.341 e. The SMILES string of the molecule is C[C@@H](NC(=O)c1ccc(Cl)c(Cl)c1)C(=O)N1CCc2ccccc21. The van der Waals surface area contributed by atoms with Gasteiger partial charge in [0.15, 0.2) is 0 Å². The monoisotopic (exact) mass is 362 g/mol. The topological polar surface area (TPSA) is 49.4 Å². The smallest absolute Gasteiger partial charge is 0.251 e. The van der Waals surface area contributed by atoms with Crippen LogP contribution >= 0.6 is 23.2 Å². The third kappa shape index (κ3) is 3.25. The van der Waals surface area contributed by atoms with Gasteiger partial charge in [-0.25, -0.2) is 0 Å². The number of hydrogen-bond donors (Lipinski definition) is 1. The number of benzene rings is 2. The van der Waals surface area contributed by atoms with Gasteiger partial charge in [0.05, 0.1) is 10.0 Å². The summed E-state index contributed by atoms with van der Waals surface area (Å²) in [4.78, 5) is 26.7. The van der Waals surface area contributed by atoms with Crippen molar-refractivity contribution >= 4 is 40.7 Å². The number of nitrogens with one attached hydrogen (secondary N) is 1. The third-order valence-electron chi connectivity index (χ3n) is 4.05. The molecule has 0 saturated carbocycles. The van der Waals surface area contributed by atoms with E-state index in [0.717, 1.165) is 17.7 Å². The molecule has 0 spiro atoms. The maximum atomic E-state index is 12.7. The van der Waals surface area contributed by atoms with Crippen molar-refractivity contribution in [3.05, 3.63) is 63.6 Å². The molecule has 6 heteroatoms. The van der Waals surface area contributed by atoms with Gasteiger partial charge < -0.3 is 10.2 Å². The molecule has 2 aromatic carbocycles. The summed E-state index contributed by atoms with van der Waals surface area (Å²) in [5.41, 5.74) is 2.43. The van der Waals surface area contributed by atoms with E-state index >= 15 is 0 Å². The van der Waals surface area contributed by atoms with E-state index in [1.165, 1.54) is 6.07 Å². The molecule has 124 valence electrons. The van der Waals surface area contributed by atoms with E-state index in [0.29, 0.717) is 22.2 Å². The summed E-state index contributed by atoms with van der Waals surface area (Å²) in [5, 5.41) is 3.40. The highest BCUT2D eigenvalue weighted by Gasteiger charge is 2.28. The lowest BCUT2D eigenvalue weighted by molar-refractivity contribution is -0.119. The van der Waals surface area contributed by atoms with Crippen molar-refractivity contribution in [1.29, 1.82) is 0 Å². The number of carbonyl (C=O) groups is 2. The second kappa shape index (κ2) is 6.83. The van der Waals surface area contributed by atoms with E-state index in [-0.39, 0.29) is 11.8 Å². The molecule has 3 rings (SSSR count). The first-order valence-electron chi connectivity index (χ1n) is 7.62. The summed E-state index contributed by atoms with van der Waals surface area (Å²) in [6, 6.07) is 11.8. The standard InChI is InChI=1S/C18H16Cl2N2O2/c1-11(21-17(23)13-6-7-14(19)15(20)10-13)18(24)22-9-8-12-4-2-3-5-16(12)22/h2-7,10-11H,8-9H2,1H3,(H,21,23)/t11-/m1/s1. The quantitative estimate of drug-likeness (QED) is 0.904. The molecular formula is C18H16Cl2N2O2. The number of halogens is 2. The molecule has 0 aromatic heterocycles. The Balaban J connectivity index is 1.70. The Labute approximate surface area is 150 Å². The van der Waals surface area contributed by atoms with Crippen LogP contribution in [0.2, 0.25) is 10.0 Å². The number of carbonyl (C=O) groups excluding carboxylic acids is 2. The summed E-state index contributed by atoms with van der Waals surface area (Å²) in [7, 11) is 0. The van der Waals surface area contributed by atoms with E-state index < -0.39 is 6.04 Å². The fourth-order valence-electron chi connectivity index (χ4n) is 2.78. The van der Waals surface area contributed by atoms with Crippen LogP contribution in [-0.4, -0.2) is 24.4 Å². The van der Waals surface area contributed by atoms with Crippen molar-refractivity contribution < 1.29 is 9.59 Å². The number of rotatable bonds is 3. The first-order valence-corrected chi connectivity index (χ1v) is 8.38. The predicted octanol–water partition coefficient (Wildman–Crippen LogP) is 3.70. The molecule has 1 N–H and O–H groups in total. The molecule has 2 aromatic rings. The van der Waals surface area contributed by atoms with Crippen LogP contribution in [0.1, 0.15) is 22.8 Å². The highest BCUT2D eigenvalue weighted by molar-refractivity contribution is 6.42. The number of nitrogens with zero attached hydrogens (tertiary/aromatic N) is 1. The summed E-state index contributed by atoms with van der Waals surface area (Å²) < 4.78 is 0. The average molecular weight is 363 g/mol. The summed E-state index contributed by atoms with van der Waals surface area (Å²) >= 11 is 11.8. The fourth-order valence-corrected chi connectivity index (χ4v) is 3.08. The highest BCUT2D eigenvalue weighted by atomic mass is 35.5. The molecule has 0 aliphatic carbocycles. The van der Waals surface area contributed by atoms with Gasteiger partial charge in [-0.05, 0) is 43.2 Å². The zero-order valence-electron chi connectivity index (χ0n) is 13.1. The first-order chi connectivity index (χ1) is 11.5. The fraction of sp³-hybridized carbons (Fsp3) is 0.222. The zero-order chi connectivity index (χ0) is 17.3. The molecule has 0 saturated heterocycles. The van der Waals surface area contributed by atoms with Crippen LogP contribution in [-0.2, 0) is 11.2 Å². The lowest BCUT2D eigenvalue weighted by Gasteiger charge is -2.22. The molecule has 2 amide bonds. The van der Waals surface area contributed by atoms with E-state index in [1.54, 1.807) is 24.0 Å². The van der Waals surface area contributed by atoms with Gasteiger partial charge >= 0.3 is 0 Å². The predicted molar refractivity (Wildman–Crippen MR) is 95.9 cm³/mol. The largest absolute Gasteiger partial charge is 0.341 e. The van der Waals surface area contributed by atoms with Crippen molar-refractivity contribution in [3.8, 4) is 0 Å². The molecule has 1 heterocycles. The van der Waals surface area contributed by atoms with E-state index in [1.807, 2.05) is 24.3 Å². The molecule has 0 unspecified atom stereocenters. The van der Waals surface area contributed by atoms with Gasteiger partial charge in [0.25, 0.3) is 5.91 Å². The Kier molecular flexibility index (Phi) is 4.78. The summed E-state index contributed by atoms with van der Waals surface area (Å²) in [6.07, 6.45) is 0.829. The molecular weight excluding hydrogens is 347 g/mol. The van der Waals surface area contributed by atoms with E-state index in [2.05, 4.69) is 5.32 Å². The van der Waals surface area contributed by atoms with Gasteiger partial charge in [0.2, 0.25) is 5.91 Å². The lowest BCUT2D eigenvalue weighted by Crippen LogP contribution is -2.46. The van der Waals surface area contributed by atoms with Crippen molar-refractivity contribution in [2.24, 2.45) is 0 Å². The Morgan fingerprint density at radius 1 is 1.12 bits per heavy atom.